The zero-order valence-corrected chi connectivity index (χ0v) is 15.0. The molecule has 3 aliphatic carbocycles. The SMILES string of the molecule is Cc1nc(NC(=O)C(C)(C)C)c(C(=O)C23CC(C(F)(F)F)(C2)C3)cc1F. The Balaban J connectivity index is 1.90. The van der Waals surface area contributed by atoms with E-state index >= 15 is 0 Å². The Morgan fingerprint density at radius 2 is 1.69 bits per heavy atom. The summed E-state index contributed by atoms with van der Waals surface area (Å²) in [4.78, 5) is 29.0. The second-order valence-corrected chi connectivity index (χ2v) is 8.57. The van der Waals surface area contributed by atoms with Gasteiger partial charge in [-0.2, -0.15) is 13.2 Å². The summed E-state index contributed by atoms with van der Waals surface area (Å²) < 4.78 is 53.0. The number of halogens is 4. The molecule has 2 bridgehead atoms. The number of rotatable bonds is 3. The Morgan fingerprint density at radius 1 is 1.15 bits per heavy atom. The van der Waals surface area contributed by atoms with Crippen LogP contribution in [0.5, 0.6) is 0 Å². The molecule has 0 spiro atoms. The first-order chi connectivity index (χ1) is 11.7. The molecule has 1 amide bonds. The van der Waals surface area contributed by atoms with E-state index in [1.54, 1.807) is 20.8 Å². The first-order valence-electron chi connectivity index (χ1n) is 8.31. The fraction of sp³-hybridized carbons (Fsp3) is 0.611. The van der Waals surface area contributed by atoms with Crippen molar-refractivity contribution in [3.8, 4) is 0 Å². The number of nitrogens with one attached hydrogen (secondary N) is 1. The molecular formula is C18H20F4N2O2. The average Bonchev–Trinajstić information content (AvgIpc) is 2.36. The van der Waals surface area contributed by atoms with E-state index in [2.05, 4.69) is 10.3 Å². The van der Waals surface area contributed by atoms with E-state index in [1.165, 1.54) is 6.92 Å². The highest BCUT2D eigenvalue weighted by Crippen LogP contribution is 2.79. The third kappa shape index (κ3) is 2.61. The molecule has 4 rings (SSSR count). The molecule has 0 atom stereocenters. The number of carbonyl (C=O) groups is 2. The van der Waals surface area contributed by atoms with Crippen molar-refractivity contribution in [2.24, 2.45) is 16.2 Å². The van der Waals surface area contributed by atoms with Crippen LogP contribution in [0.1, 0.15) is 56.1 Å². The molecule has 0 saturated heterocycles. The number of carbonyl (C=O) groups excluding carboxylic acids is 2. The van der Waals surface area contributed by atoms with Crippen LogP contribution < -0.4 is 5.32 Å². The summed E-state index contributed by atoms with van der Waals surface area (Å²) in [6.07, 6.45) is -5.20. The lowest BCUT2D eigenvalue weighted by Gasteiger charge is -2.69. The van der Waals surface area contributed by atoms with Crippen molar-refractivity contribution in [3.63, 3.8) is 0 Å². The van der Waals surface area contributed by atoms with E-state index < -0.39 is 39.9 Å². The van der Waals surface area contributed by atoms with E-state index in [9.17, 15) is 27.2 Å². The molecule has 3 aliphatic rings. The van der Waals surface area contributed by atoms with Crippen molar-refractivity contribution in [2.75, 3.05) is 5.32 Å². The van der Waals surface area contributed by atoms with Crippen LogP contribution in [-0.4, -0.2) is 22.9 Å². The van der Waals surface area contributed by atoms with Crippen molar-refractivity contribution >= 4 is 17.5 Å². The van der Waals surface area contributed by atoms with Gasteiger partial charge in [-0.05, 0) is 32.3 Å². The van der Waals surface area contributed by atoms with Crippen LogP contribution in [0.15, 0.2) is 6.07 Å². The van der Waals surface area contributed by atoms with Gasteiger partial charge < -0.3 is 5.32 Å². The van der Waals surface area contributed by atoms with Crippen LogP contribution in [-0.2, 0) is 4.79 Å². The van der Waals surface area contributed by atoms with Crippen LogP contribution in [0.3, 0.4) is 0 Å². The van der Waals surface area contributed by atoms with Gasteiger partial charge in [-0.1, -0.05) is 20.8 Å². The van der Waals surface area contributed by atoms with Crippen LogP contribution >= 0.6 is 0 Å². The number of pyridine rings is 1. The number of ketones is 1. The van der Waals surface area contributed by atoms with Gasteiger partial charge in [0.25, 0.3) is 0 Å². The molecule has 1 N–H and O–H groups in total. The molecule has 3 fully saturated rings. The van der Waals surface area contributed by atoms with Gasteiger partial charge in [-0.15, -0.1) is 0 Å². The summed E-state index contributed by atoms with van der Waals surface area (Å²) in [6.45, 7) is 6.37. The standard InChI is InChI=1S/C18H20F4N2O2/c1-9-11(19)5-10(13(23-9)24-14(26)15(2,3)4)12(25)16-6-17(7-16,8-16)18(20,21)22/h5H,6-8H2,1-4H3,(H,23,24,26). The quantitative estimate of drug-likeness (QED) is 0.631. The van der Waals surface area contributed by atoms with Crippen LogP contribution in [0.2, 0.25) is 0 Å². The van der Waals surface area contributed by atoms with Gasteiger partial charge in [0.15, 0.2) is 5.78 Å². The van der Waals surface area contributed by atoms with E-state index in [-0.39, 0.29) is 36.3 Å². The maximum atomic E-state index is 14.0. The molecule has 8 heteroatoms. The van der Waals surface area contributed by atoms with Gasteiger partial charge in [0, 0.05) is 10.8 Å². The highest BCUT2D eigenvalue weighted by Gasteiger charge is 2.80. The Hall–Kier alpha value is -1.99. The van der Waals surface area contributed by atoms with Gasteiger partial charge in [-0.25, -0.2) is 9.37 Å². The minimum Gasteiger partial charge on any atom is -0.310 e. The average molecular weight is 372 g/mol. The third-order valence-corrected chi connectivity index (χ3v) is 5.42. The lowest BCUT2D eigenvalue weighted by atomic mass is 9.33. The van der Waals surface area contributed by atoms with Crippen molar-refractivity contribution in [3.05, 3.63) is 23.1 Å². The second-order valence-electron chi connectivity index (χ2n) is 8.57. The number of Topliss-reactive ketones (excluding diaryl/α,β-unsaturated/α-hetero) is 1. The number of alkyl halides is 3. The predicted octanol–water partition coefficient (Wildman–Crippen LogP) is 4.43. The van der Waals surface area contributed by atoms with Crippen molar-refractivity contribution in [1.29, 1.82) is 0 Å². The predicted molar refractivity (Wildman–Crippen MR) is 86.1 cm³/mol. The van der Waals surface area contributed by atoms with Crippen molar-refractivity contribution in [2.45, 2.75) is 53.1 Å². The summed E-state index contributed by atoms with van der Waals surface area (Å²) in [5.74, 6) is -1.84. The fourth-order valence-corrected chi connectivity index (χ4v) is 3.76. The van der Waals surface area contributed by atoms with Crippen LogP contribution in [0, 0.1) is 29.0 Å². The minimum absolute atomic E-state index is 0.00452. The normalized spacial score (nSPS) is 27.4. The van der Waals surface area contributed by atoms with Gasteiger partial charge in [-0.3, -0.25) is 9.59 Å². The molecule has 1 aromatic heterocycles. The van der Waals surface area contributed by atoms with E-state index in [0.29, 0.717) is 0 Å². The lowest BCUT2D eigenvalue weighted by Crippen LogP contribution is -2.70. The van der Waals surface area contributed by atoms with E-state index in [0.717, 1.165) is 6.07 Å². The molecule has 3 saturated carbocycles. The molecule has 4 nitrogen and oxygen atoms in total. The number of nitrogens with zero attached hydrogens (tertiary/aromatic N) is 1. The van der Waals surface area contributed by atoms with Crippen LogP contribution in [0.25, 0.3) is 0 Å². The molecule has 26 heavy (non-hydrogen) atoms. The lowest BCUT2D eigenvalue weighted by molar-refractivity contribution is -0.346. The first-order valence-corrected chi connectivity index (χ1v) is 8.31. The number of amides is 1. The van der Waals surface area contributed by atoms with Gasteiger partial charge in [0.05, 0.1) is 16.7 Å². The first kappa shape index (κ1) is 18.8. The third-order valence-electron chi connectivity index (χ3n) is 5.42. The van der Waals surface area contributed by atoms with Gasteiger partial charge in [0.1, 0.15) is 11.6 Å². The summed E-state index contributed by atoms with van der Waals surface area (Å²) in [5, 5.41) is 2.52. The van der Waals surface area contributed by atoms with Crippen molar-refractivity contribution < 1.29 is 27.2 Å². The maximum absolute atomic E-state index is 14.0. The Kier molecular flexibility index (Phi) is 3.81. The number of aryl methyl sites for hydroxylation is 1. The summed E-state index contributed by atoms with van der Waals surface area (Å²) >= 11 is 0. The Bertz CT molecular complexity index is 789. The topological polar surface area (TPSA) is 59.1 Å². The smallest absolute Gasteiger partial charge is 0.310 e. The molecule has 142 valence electrons. The van der Waals surface area contributed by atoms with Gasteiger partial charge >= 0.3 is 6.18 Å². The summed E-state index contributed by atoms with van der Waals surface area (Å²) in [6, 6.07) is 0.962. The Labute approximate surface area is 148 Å². The summed E-state index contributed by atoms with van der Waals surface area (Å²) in [7, 11) is 0. The van der Waals surface area contributed by atoms with E-state index in [4.69, 9.17) is 0 Å². The number of anilines is 1. The van der Waals surface area contributed by atoms with Crippen molar-refractivity contribution in [1.82, 2.24) is 4.98 Å². The molecule has 0 unspecified atom stereocenters. The van der Waals surface area contributed by atoms with Crippen LogP contribution in [0.4, 0.5) is 23.4 Å². The molecule has 0 radical (unpaired) electrons. The molecule has 0 aromatic carbocycles. The highest BCUT2D eigenvalue weighted by molar-refractivity contribution is 6.08. The second kappa shape index (κ2) is 5.27. The molecule has 1 aromatic rings. The largest absolute Gasteiger partial charge is 0.394 e. The minimum atomic E-state index is -4.34. The van der Waals surface area contributed by atoms with E-state index in [1.807, 2.05) is 0 Å². The Morgan fingerprint density at radius 3 is 2.15 bits per heavy atom. The number of hydrogen-bond donors (Lipinski definition) is 1. The molecule has 0 aliphatic heterocycles. The molecular weight excluding hydrogens is 352 g/mol. The molecule has 1 heterocycles. The van der Waals surface area contributed by atoms with Gasteiger partial charge in [0.2, 0.25) is 5.91 Å². The zero-order chi connectivity index (χ0) is 19.7. The number of aromatic nitrogens is 1. The monoisotopic (exact) mass is 372 g/mol. The number of hydrogen-bond acceptors (Lipinski definition) is 3. The summed E-state index contributed by atoms with van der Waals surface area (Å²) in [5.41, 5.74) is -3.86. The zero-order valence-electron chi connectivity index (χ0n) is 15.0. The highest BCUT2D eigenvalue weighted by atomic mass is 19.4. The fourth-order valence-electron chi connectivity index (χ4n) is 3.76. The maximum Gasteiger partial charge on any atom is 0.394 e.